The smallest absolute Gasteiger partial charge is 0.118 e. The summed E-state index contributed by atoms with van der Waals surface area (Å²) in [6.45, 7) is 6.40. The molecule has 0 amide bonds. The Balaban J connectivity index is 1.89. The van der Waals surface area contributed by atoms with Crippen molar-refractivity contribution < 1.29 is 9.84 Å². The first kappa shape index (κ1) is 16.3. The average molecular weight is 291 g/mol. The van der Waals surface area contributed by atoms with Crippen LogP contribution in [0.3, 0.4) is 0 Å². The topological polar surface area (TPSA) is 32.7 Å². The van der Waals surface area contributed by atoms with E-state index in [1.807, 2.05) is 12.1 Å². The molecule has 118 valence electrons. The first-order valence-corrected chi connectivity index (χ1v) is 7.99. The van der Waals surface area contributed by atoms with Crippen molar-refractivity contribution in [1.29, 1.82) is 0 Å². The number of hydrogen-bond acceptors (Lipinski definition) is 3. The van der Waals surface area contributed by atoms with Gasteiger partial charge in [-0.25, -0.2) is 0 Å². The lowest BCUT2D eigenvalue weighted by molar-refractivity contribution is 0.000596. The Labute approximate surface area is 128 Å². The fourth-order valence-electron chi connectivity index (χ4n) is 3.64. The van der Waals surface area contributed by atoms with E-state index in [0.29, 0.717) is 17.8 Å². The number of nitrogens with zero attached hydrogens (tertiary/aromatic N) is 1. The number of aliphatic hydroxyl groups is 1. The Morgan fingerprint density at radius 3 is 2.43 bits per heavy atom. The van der Waals surface area contributed by atoms with Gasteiger partial charge in [-0.3, -0.25) is 0 Å². The highest BCUT2D eigenvalue weighted by Gasteiger charge is 2.33. The molecular weight excluding hydrogens is 262 g/mol. The quantitative estimate of drug-likeness (QED) is 0.904. The third-order valence-electron chi connectivity index (χ3n) is 4.78. The normalized spacial score (nSPS) is 29.6. The summed E-state index contributed by atoms with van der Waals surface area (Å²) in [6, 6.07) is 8.22. The molecule has 0 bridgehead atoms. The molecular formula is C18H29NO2. The molecule has 4 unspecified atom stereocenters. The lowest BCUT2D eigenvalue weighted by Gasteiger charge is -2.39. The molecule has 0 aromatic heterocycles. The van der Waals surface area contributed by atoms with Gasteiger partial charge >= 0.3 is 0 Å². The Hall–Kier alpha value is -1.06. The highest BCUT2D eigenvalue weighted by Crippen LogP contribution is 2.34. The fraction of sp³-hybridized carbons (Fsp3) is 0.667. The van der Waals surface area contributed by atoms with Crippen LogP contribution in [0.1, 0.15) is 32.3 Å². The van der Waals surface area contributed by atoms with E-state index in [0.717, 1.165) is 25.3 Å². The standard InChI is InChI=1S/C18H29NO2/c1-13-9-14(2)17(18(20)10-13)12-19(3)11-15-5-7-16(21-4)8-6-15/h5-8,13-14,17-18,20H,9-12H2,1-4H3. The highest BCUT2D eigenvalue weighted by molar-refractivity contribution is 5.27. The van der Waals surface area contributed by atoms with Crippen LogP contribution in [0.15, 0.2) is 24.3 Å². The van der Waals surface area contributed by atoms with Crippen molar-refractivity contribution in [3.8, 4) is 5.75 Å². The molecule has 0 spiro atoms. The van der Waals surface area contributed by atoms with Crippen molar-refractivity contribution in [2.45, 2.75) is 39.3 Å². The summed E-state index contributed by atoms with van der Waals surface area (Å²) >= 11 is 0. The van der Waals surface area contributed by atoms with Gasteiger partial charge in [-0.2, -0.15) is 0 Å². The molecule has 1 aromatic carbocycles. The van der Waals surface area contributed by atoms with Crippen molar-refractivity contribution in [2.24, 2.45) is 17.8 Å². The van der Waals surface area contributed by atoms with Gasteiger partial charge in [0.25, 0.3) is 0 Å². The lowest BCUT2D eigenvalue weighted by Crippen LogP contribution is -2.41. The molecule has 0 saturated heterocycles. The van der Waals surface area contributed by atoms with E-state index in [-0.39, 0.29) is 6.10 Å². The van der Waals surface area contributed by atoms with Crippen LogP contribution in [0, 0.1) is 17.8 Å². The maximum atomic E-state index is 10.3. The minimum absolute atomic E-state index is 0.151. The molecule has 0 heterocycles. The van der Waals surface area contributed by atoms with Crippen LogP contribution < -0.4 is 4.74 Å². The van der Waals surface area contributed by atoms with E-state index in [1.165, 1.54) is 12.0 Å². The fourth-order valence-corrected chi connectivity index (χ4v) is 3.64. The molecule has 2 rings (SSSR count). The second-order valence-electron chi connectivity index (χ2n) is 6.83. The molecule has 1 fully saturated rings. The van der Waals surface area contributed by atoms with Gasteiger partial charge in [0.15, 0.2) is 0 Å². The van der Waals surface area contributed by atoms with E-state index in [4.69, 9.17) is 4.74 Å². The van der Waals surface area contributed by atoms with Crippen molar-refractivity contribution >= 4 is 0 Å². The van der Waals surface area contributed by atoms with Crippen molar-refractivity contribution in [3.05, 3.63) is 29.8 Å². The summed E-state index contributed by atoms with van der Waals surface area (Å²) in [7, 11) is 3.83. The van der Waals surface area contributed by atoms with Crippen LogP contribution in [-0.2, 0) is 6.54 Å². The summed E-state index contributed by atoms with van der Waals surface area (Å²) in [5.41, 5.74) is 1.28. The molecule has 1 aliphatic carbocycles. The SMILES string of the molecule is COc1ccc(CN(C)CC2C(C)CC(C)CC2O)cc1. The first-order valence-electron chi connectivity index (χ1n) is 7.99. The van der Waals surface area contributed by atoms with Crippen LogP contribution >= 0.6 is 0 Å². The summed E-state index contributed by atoms with van der Waals surface area (Å²) in [4.78, 5) is 2.32. The zero-order valence-electron chi connectivity index (χ0n) is 13.7. The monoisotopic (exact) mass is 291 g/mol. The molecule has 1 N–H and O–H groups in total. The number of hydrogen-bond donors (Lipinski definition) is 1. The molecule has 1 aromatic rings. The molecule has 1 saturated carbocycles. The van der Waals surface area contributed by atoms with Gasteiger partial charge in [-0.1, -0.05) is 26.0 Å². The van der Waals surface area contributed by atoms with E-state index < -0.39 is 0 Å². The third kappa shape index (κ3) is 4.45. The molecule has 0 radical (unpaired) electrons. The number of methoxy groups -OCH3 is 1. The molecule has 0 aliphatic heterocycles. The molecule has 3 heteroatoms. The van der Waals surface area contributed by atoms with Gasteiger partial charge < -0.3 is 14.7 Å². The average Bonchev–Trinajstić information content (AvgIpc) is 2.43. The second kappa shape index (κ2) is 7.28. The van der Waals surface area contributed by atoms with E-state index in [2.05, 4.69) is 37.9 Å². The summed E-state index contributed by atoms with van der Waals surface area (Å²) in [6.07, 6.45) is 2.03. The number of aliphatic hydroxyl groups excluding tert-OH is 1. The summed E-state index contributed by atoms with van der Waals surface area (Å²) in [5.74, 6) is 2.54. The highest BCUT2D eigenvalue weighted by atomic mass is 16.5. The molecule has 21 heavy (non-hydrogen) atoms. The zero-order chi connectivity index (χ0) is 15.4. The minimum Gasteiger partial charge on any atom is -0.497 e. The van der Waals surface area contributed by atoms with Crippen LogP contribution in [0.25, 0.3) is 0 Å². The second-order valence-corrected chi connectivity index (χ2v) is 6.83. The van der Waals surface area contributed by atoms with Crippen molar-refractivity contribution in [1.82, 2.24) is 4.90 Å². The Morgan fingerprint density at radius 1 is 1.19 bits per heavy atom. The molecule has 1 aliphatic rings. The minimum atomic E-state index is -0.151. The van der Waals surface area contributed by atoms with Gasteiger partial charge in [0.05, 0.1) is 13.2 Å². The summed E-state index contributed by atoms with van der Waals surface area (Å²) < 4.78 is 5.19. The largest absolute Gasteiger partial charge is 0.497 e. The number of ether oxygens (including phenoxy) is 1. The van der Waals surface area contributed by atoms with Crippen LogP contribution in [0.4, 0.5) is 0 Å². The Morgan fingerprint density at radius 2 is 1.86 bits per heavy atom. The van der Waals surface area contributed by atoms with Gasteiger partial charge in [0.2, 0.25) is 0 Å². The predicted molar refractivity (Wildman–Crippen MR) is 86.4 cm³/mol. The van der Waals surface area contributed by atoms with E-state index in [1.54, 1.807) is 7.11 Å². The number of benzene rings is 1. The maximum Gasteiger partial charge on any atom is 0.118 e. The Kier molecular flexibility index (Phi) is 5.65. The van der Waals surface area contributed by atoms with Gasteiger partial charge in [-0.05, 0) is 49.4 Å². The van der Waals surface area contributed by atoms with Crippen LogP contribution in [-0.4, -0.2) is 36.8 Å². The van der Waals surface area contributed by atoms with Crippen LogP contribution in [0.2, 0.25) is 0 Å². The Bertz CT molecular complexity index is 419. The molecule has 3 nitrogen and oxygen atoms in total. The van der Waals surface area contributed by atoms with Crippen molar-refractivity contribution in [3.63, 3.8) is 0 Å². The summed E-state index contributed by atoms with van der Waals surface area (Å²) in [5, 5.41) is 10.3. The molecule has 4 atom stereocenters. The van der Waals surface area contributed by atoms with Gasteiger partial charge in [0.1, 0.15) is 5.75 Å². The van der Waals surface area contributed by atoms with E-state index in [9.17, 15) is 5.11 Å². The first-order chi connectivity index (χ1) is 9.99. The van der Waals surface area contributed by atoms with Gasteiger partial charge in [-0.15, -0.1) is 0 Å². The van der Waals surface area contributed by atoms with Crippen LogP contribution in [0.5, 0.6) is 5.75 Å². The predicted octanol–water partition coefficient (Wildman–Crippen LogP) is 3.17. The lowest BCUT2D eigenvalue weighted by atomic mass is 9.73. The van der Waals surface area contributed by atoms with E-state index >= 15 is 0 Å². The zero-order valence-corrected chi connectivity index (χ0v) is 13.7. The van der Waals surface area contributed by atoms with Gasteiger partial charge in [0, 0.05) is 19.0 Å². The maximum absolute atomic E-state index is 10.3. The number of rotatable bonds is 5. The third-order valence-corrected chi connectivity index (χ3v) is 4.78. The van der Waals surface area contributed by atoms with Crippen molar-refractivity contribution in [2.75, 3.05) is 20.7 Å².